The molecule has 0 aliphatic heterocycles. The van der Waals surface area contributed by atoms with Gasteiger partial charge in [-0.3, -0.25) is 0 Å². The summed E-state index contributed by atoms with van der Waals surface area (Å²) in [6.45, 7) is 0. The highest BCUT2D eigenvalue weighted by Gasteiger charge is 2.20. The van der Waals surface area contributed by atoms with Gasteiger partial charge in [-0.25, -0.2) is 17.5 Å². The lowest BCUT2D eigenvalue weighted by Crippen LogP contribution is -2.21. The van der Waals surface area contributed by atoms with E-state index in [0.29, 0.717) is 0 Å². The molecule has 0 radical (unpaired) electrons. The van der Waals surface area contributed by atoms with Crippen LogP contribution in [0, 0.1) is 0 Å². The van der Waals surface area contributed by atoms with Crippen LogP contribution in [0.2, 0.25) is 0 Å². The maximum atomic E-state index is 11.5. The van der Waals surface area contributed by atoms with Gasteiger partial charge in [0.15, 0.2) is 0 Å². The number of nitrogens with zero attached hydrogens (tertiary/aromatic N) is 1. The first-order chi connectivity index (χ1) is 6.35. The Balaban J connectivity index is 3.16. The van der Waals surface area contributed by atoms with Crippen molar-refractivity contribution in [1.82, 2.24) is 4.31 Å². The number of carboxylic acids is 1. The van der Waals surface area contributed by atoms with Crippen molar-refractivity contribution in [3.63, 3.8) is 0 Å². The highest BCUT2D eigenvalue weighted by atomic mass is 32.2. The fourth-order valence-corrected chi connectivity index (χ4v) is 3.07. The number of thiophene rings is 1. The first-order valence-corrected chi connectivity index (χ1v) is 5.87. The van der Waals surface area contributed by atoms with Gasteiger partial charge in [0.1, 0.15) is 9.09 Å². The molecule has 0 bridgehead atoms. The third-order valence-electron chi connectivity index (χ3n) is 1.53. The molecule has 14 heavy (non-hydrogen) atoms. The Morgan fingerprint density at radius 1 is 1.43 bits per heavy atom. The average molecular weight is 235 g/mol. The standard InChI is InChI=1S/C7H9NO4S2/c1-8(2)14(11,12)6-4-3-5(13-6)7(9)10/h3-4H,1-2H3,(H,9,10). The minimum atomic E-state index is -3.50. The van der Waals surface area contributed by atoms with E-state index in [1.807, 2.05) is 0 Å². The van der Waals surface area contributed by atoms with Crippen LogP contribution in [-0.2, 0) is 10.0 Å². The van der Waals surface area contributed by atoms with Gasteiger partial charge < -0.3 is 5.11 Å². The predicted molar refractivity (Wildman–Crippen MR) is 52.2 cm³/mol. The van der Waals surface area contributed by atoms with Crippen molar-refractivity contribution in [3.8, 4) is 0 Å². The van der Waals surface area contributed by atoms with Crippen LogP contribution < -0.4 is 0 Å². The van der Waals surface area contributed by atoms with Crippen LogP contribution in [0.15, 0.2) is 16.3 Å². The van der Waals surface area contributed by atoms with E-state index in [1.54, 1.807) is 0 Å². The van der Waals surface area contributed by atoms with Crippen molar-refractivity contribution in [3.05, 3.63) is 17.0 Å². The van der Waals surface area contributed by atoms with Gasteiger partial charge in [-0.1, -0.05) is 0 Å². The lowest BCUT2D eigenvalue weighted by Gasteiger charge is -2.07. The lowest BCUT2D eigenvalue weighted by atomic mass is 10.5. The molecule has 0 spiro atoms. The summed E-state index contributed by atoms with van der Waals surface area (Å²) in [6.07, 6.45) is 0. The molecule has 78 valence electrons. The first-order valence-electron chi connectivity index (χ1n) is 3.61. The second kappa shape index (κ2) is 3.68. The van der Waals surface area contributed by atoms with Crippen LogP contribution in [0.25, 0.3) is 0 Å². The molecule has 0 amide bonds. The fourth-order valence-electron chi connectivity index (χ4n) is 0.754. The highest BCUT2D eigenvalue weighted by Crippen LogP contribution is 2.23. The Morgan fingerprint density at radius 2 is 2.00 bits per heavy atom. The van der Waals surface area contributed by atoms with Crippen molar-refractivity contribution >= 4 is 27.3 Å². The average Bonchev–Trinajstić information content (AvgIpc) is 2.51. The van der Waals surface area contributed by atoms with E-state index in [-0.39, 0.29) is 9.09 Å². The van der Waals surface area contributed by atoms with Crippen molar-refractivity contribution in [1.29, 1.82) is 0 Å². The third-order valence-corrected chi connectivity index (χ3v) is 4.88. The summed E-state index contributed by atoms with van der Waals surface area (Å²) in [7, 11) is -0.704. The number of rotatable bonds is 3. The van der Waals surface area contributed by atoms with Gasteiger partial charge >= 0.3 is 5.97 Å². The summed E-state index contributed by atoms with van der Waals surface area (Å²) in [5, 5.41) is 8.60. The Bertz CT molecular complexity index is 446. The smallest absolute Gasteiger partial charge is 0.345 e. The minimum absolute atomic E-state index is 0.0189. The zero-order valence-corrected chi connectivity index (χ0v) is 9.22. The van der Waals surface area contributed by atoms with Crippen molar-refractivity contribution in [2.24, 2.45) is 0 Å². The van der Waals surface area contributed by atoms with E-state index in [0.717, 1.165) is 15.6 Å². The molecule has 0 saturated heterocycles. The maximum absolute atomic E-state index is 11.5. The Hall–Kier alpha value is -0.920. The summed E-state index contributed by atoms with van der Waals surface area (Å²) in [5.41, 5.74) is 0. The molecule has 0 atom stereocenters. The Kier molecular flexibility index (Phi) is 2.93. The topological polar surface area (TPSA) is 74.7 Å². The molecule has 0 aliphatic carbocycles. The molecule has 0 aliphatic rings. The fraction of sp³-hybridized carbons (Fsp3) is 0.286. The Morgan fingerprint density at radius 3 is 2.36 bits per heavy atom. The zero-order chi connectivity index (χ0) is 10.9. The molecule has 1 aromatic heterocycles. The van der Waals surface area contributed by atoms with Crippen LogP contribution >= 0.6 is 11.3 Å². The van der Waals surface area contributed by atoms with E-state index < -0.39 is 16.0 Å². The SMILES string of the molecule is CN(C)S(=O)(=O)c1ccc(C(=O)O)s1. The monoisotopic (exact) mass is 235 g/mol. The highest BCUT2D eigenvalue weighted by molar-refractivity contribution is 7.91. The summed E-state index contributed by atoms with van der Waals surface area (Å²) in [6, 6.07) is 2.58. The molecule has 0 unspecified atom stereocenters. The van der Waals surface area contributed by atoms with Crippen LogP contribution in [0.4, 0.5) is 0 Å². The van der Waals surface area contributed by atoms with E-state index in [2.05, 4.69) is 0 Å². The molecule has 7 heteroatoms. The van der Waals surface area contributed by atoms with Crippen LogP contribution in [0.5, 0.6) is 0 Å². The van der Waals surface area contributed by atoms with E-state index in [1.165, 1.54) is 26.2 Å². The first kappa shape index (κ1) is 11.2. The summed E-state index contributed by atoms with van der Waals surface area (Å²) in [4.78, 5) is 10.5. The summed E-state index contributed by atoms with van der Waals surface area (Å²) < 4.78 is 24.1. The summed E-state index contributed by atoms with van der Waals surface area (Å²) >= 11 is 0.747. The van der Waals surface area contributed by atoms with E-state index in [4.69, 9.17) is 5.11 Å². The van der Waals surface area contributed by atoms with Crippen LogP contribution in [0.3, 0.4) is 0 Å². The number of sulfonamides is 1. The van der Waals surface area contributed by atoms with Gasteiger partial charge in [-0.2, -0.15) is 0 Å². The molecule has 1 aromatic rings. The molecule has 0 aromatic carbocycles. The lowest BCUT2D eigenvalue weighted by molar-refractivity contribution is 0.0702. The van der Waals surface area contributed by atoms with E-state index >= 15 is 0 Å². The van der Waals surface area contributed by atoms with Gasteiger partial charge in [0.2, 0.25) is 0 Å². The number of hydrogen-bond donors (Lipinski definition) is 1. The third kappa shape index (κ3) is 1.94. The molecular formula is C7H9NO4S2. The summed E-state index contributed by atoms with van der Waals surface area (Å²) in [5.74, 6) is -1.12. The quantitative estimate of drug-likeness (QED) is 0.836. The van der Waals surface area contributed by atoms with Gasteiger partial charge in [-0.15, -0.1) is 11.3 Å². The molecule has 5 nitrogen and oxygen atoms in total. The molecular weight excluding hydrogens is 226 g/mol. The number of carbonyl (C=O) groups is 1. The van der Waals surface area contributed by atoms with Gasteiger partial charge in [0, 0.05) is 14.1 Å². The Labute approximate surface area is 85.6 Å². The number of aromatic carboxylic acids is 1. The molecule has 1 N–H and O–H groups in total. The predicted octanol–water partition coefficient (Wildman–Crippen LogP) is 0.697. The van der Waals surface area contributed by atoms with E-state index in [9.17, 15) is 13.2 Å². The second-order valence-corrected chi connectivity index (χ2v) is 6.17. The molecule has 0 fully saturated rings. The number of hydrogen-bond acceptors (Lipinski definition) is 4. The molecule has 1 heterocycles. The van der Waals surface area contributed by atoms with Crippen LogP contribution in [-0.4, -0.2) is 37.9 Å². The number of carboxylic acid groups (broad SMARTS) is 1. The normalized spacial score (nSPS) is 11.9. The van der Waals surface area contributed by atoms with Crippen LogP contribution in [0.1, 0.15) is 9.67 Å². The minimum Gasteiger partial charge on any atom is -0.477 e. The largest absolute Gasteiger partial charge is 0.477 e. The van der Waals surface area contributed by atoms with Gasteiger partial charge in [-0.05, 0) is 12.1 Å². The van der Waals surface area contributed by atoms with Crippen molar-refractivity contribution < 1.29 is 18.3 Å². The zero-order valence-electron chi connectivity index (χ0n) is 7.59. The van der Waals surface area contributed by atoms with Gasteiger partial charge in [0.25, 0.3) is 10.0 Å². The molecule has 1 rings (SSSR count). The molecule has 0 saturated carbocycles. The maximum Gasteiger partial charge on any atom is 0.345 e. The van der Waals surface area contributed by atoms with Crippen molar-refractivity contribution in [2.45, 2.75) is 4.21 Å². The van der Waals surface area contributed by atoms with Crippen molar-refractivity contribution in [2.75, 3.05) is 14.1 Å². The second-order valence-electron chi connectivity index (χ2n) is 2.71. The van der Waals surface area contributed by atoms with Gasteiger partial charge in [0.05, 0.1) is 0 Å².